The molecule has 5 heteroatoms. The van der Waals surface area contributed by atoms with Crippen molar-refractivity contribution in [3.05, 3.63) is 99.7 Å². The van der Waals surface area contributed by atoms with E-state index in [9.17, 15) is 9.59 Å². The molecule has 0 saturated heterocycles. The second-order valence-electron chi connectivity index (χ2n) is 12.1. The fraction of sp³-hybridized carbons (Fsp3) is 0.371. The molecule has 3 aromatic carbocycles. The first-order valence-electron chi connectivity index (χ1n) is 14.6. The Morgan fingerprint density at radius 3 is 2.23 bits per heavy atom. The van der Waals surface area contributed by atoms with Gasteiger partial charge in [-0.1, -0.05) is 42.5 Å². The lowest BCUT2D eigenvalue weighted by Crippen LogP contribution is -2.48. The molecule has 5 nitrogen and oxygen atoms in total. The second kappa shape index (κ2) is 9.96. The molecular weight excluding hydrogens is 500 g/mol. The van der Waals surface area contributed by atoms with Gasteiger partial charge in [0.2, 0.25) is 0 Å². The number of hydrogen-bond acceptors (Lipinski definition) is 5. The van der Waals surface area contributed by atoms with Gasteiger partial charge < -0.3 is 13.9 Å². The molecule has 4 aromatic rings. The molecular formula is C35H34O5. The van der Waals surface area contributed by atoms with Crippen molar-refractivity contribution in [3.63, 3.8) is 0 Å². The zero-order valence-corrected chi connectivity index (χ0v) is 22.9. The van der Waals surface area contributed by atoms with Gasteiger partial charge in [-0.3, -0.25) is 4.79 Å². The molecule has 4 fully saturated rings. The summed E-state index contributed by atoms with van der Waals surface area (Å²) in [6.07, 6.45) is 7.46. The van der Waals surface area contributed by atoms with Crippen molar-refractivity contribution in [1.29, 1.82) is 0 Å². The van der Waals surface area contributed by atoms with Gasteiger partial charge in [0.25, 0.3) is 0 Å². The lowest BCUT2D eigenvalue weighted by atomic mass is 9.48. The summed E-state index contributed by atoms with van der Waals surface area (Å²) < 4.78 is 18.1. The maximum Gasteiger partial charge on any atom is 0.338 e. The van der Waals surface area contributed by atoms with Crippen LogP contribution >= 0.6 is 0 Å². The predicted octanol–water partition coefficient (Wildman–Crippen LogP) is 7.68. The van der Waals surface area contributed by atoms with Gasteiger partial charge in [-0.2, -0.15) is 0 Å². The first kappa shape index (κ1) is 25.1. The number of ether oxygens (including phenoxy) is 2. The summed E-state index contributed by atoms with van der Waals surface area (Å²) in [7, 11) is 0. The van der Waals surface area contributed by atoms with Crippen LogP contribution in [0.5, 0.6) is 5.75 Å². The van der Waals surface area contributed by atoms with E-state index in [2.05, 4.69) is 18.2 Å². The zero-order valence-electron chi connectivity index (χ0n) is 22.9. The van der Waals surface area contributed by atoms with Crippen molar-refractivity contribution in [2.45, 2.75) is 57.5 Å². The summed E-state index contributed by atoms with van der Waals surface area (Å²) in [5.41, 5.74) is 4.08. The van der Waals surface area contributed by atoms with Crippen LogP contribution in [0.4, 0.5) is 0 Å². The number of benzene rings is 3. The van der Waals surface area contributed by atoms with E-state index in [1.165, 1.54) is 19.3 Å². The van der Waals surface area contributed by atoms with E-state index in [0.29, 0.717) is 35.5 Å². The summed E-state index contributed by atoms with van der Waals surface area (Å²) in [4.78, 5) is 25.8. The van der Waals surface area contributed by atoms with Crippen LogP contribution in [0, 0.1) is 17.8 Å². The Kier molecular flexibility index (Phi) is 6.25. The van der Waals surface area contributed by atoms with Crippen LogP contribution in [0.2, 0.25) is 0 Å². The zero-order chi connectivity index (χ0) is 27.3. The molecule has 40 heavy (non-hydrogen) atoms. The topological polar surface area (TPSA) is 65.7 Å². The number of carbonyl (C=O) groups excluding carboxylic acids is 1. The van der Waals surface area contributed by atoms with Crippen LogP contribution < -0.4 is 10.2 Å². The van der Waals surface area contributed by atoms with Gasteiger partial charge in [0.1, 0.15) is 23.7 Å². The first-order valence-corrected chi connectivity index (χ1v) is 14.6. The van der Waals surface area contributed by atoms with Crippen LogP contribution in [0.3, 0.4) is 0 Å². The lowest BCUT2D eigenvalue weighted by Gasteiger charge is -2.57. The molecule has 1 heterocycles. The van der Waals surface area contributed by atoms with Gasteiger partial charge in [0.05, 0.1) is 17.6 Å². The van der Waals surface area contributed by atoms with E-state index < -0.39 is 0 Å². The smallest absolute Gasteiger partial charge is 0.338 e. The third kappa shape index (κ3) is 4.51. The Morgan fingerprint density at radius 2 is 1.57 bits per heavy atom. The molecule has 0 radical (unpaired) electrons. The predicted molar refractivity (Wildman–Crippen MR) is 155 cm³/mol. The molecule has 0 spiro atoms. The minimum absolute atomic E-state index is 0.0153. The van der Waals surface area contributed by atoms with E-state index in [0.717, 1.165) is 59.5 Å². The quantitative estimate of drug-likeness (QED) is 0.228. The largest absolute Gasteiger partial charge is 0.489 e. The number of carbonyl (C=O) groups is 1. The summed E-state index contributed by atoms with van der Waals surface area (Å²) in [5, 5.41) is 0.572. The Labute approximate surface area is 234 Å². The maximum absolute atomic E-state index is 13.6. The first-order chi connectivity index (χ1) is 19.5. The third-order valence-electron chi connectivity index (χ3n) is 9.34. The molecule has 4 aliphatic carbocycles. The van der Waals surface area contributed by atoms with Crippen LogP contribution in [0.1, 0.15) is 66.9 Å². The molecule has 0 atom stereocenters. The fourth-order valence-electron chi connectivity index (χ4n) is 8.02. The van der Waals surface area contributed by atoms with Crippen molar-refractivity contribution in [2.24, 2.45) is 17.8 Å². The standard InChI is InChI=1S/C35H34O5/c1-2-38-34(37)27-10-8-26(9-11-27)32-17-31(36)29-15-28(39-21-22-6-4-3-5-7-22)16-30(33(29)40-32)35-18-23-12-24(19-35)14-25(13-23)20-35/h3-11,15-17,23-25H,2,12-14,18-21H2,1H3. The maximum atomic E-state index is 13.6. The van der Waals surface area contributed by atoms with Gasteiger partial charge in [0, 0.05) is 17.2 Å². The van der Waals surface area contributed by atoms with E-state index in [1.54, 1.807) is 25.1 Å². The Bertz CT molecular complexity index is 1580. The number of esters is 1. The van der Waals surface area contributed by atoms with Crippen molar-refractivity contribution in [3.8, 4) is 17.1 Å². The van der Waals surface area contributed by atoms with Crippen molar-refractivity contribution in [1.82, 2.24) is 0 Å². The van der Waals surface area contributed by atoms with Crippen LogP contribution in [0.15, 0.2) is 82.0 Å². The van der Waals surface area contributed by atoms with Crippen LogP contribution in [-0.4, -0.2) is 12.6 Å². The van der Waals surface area contributed by atoms with Gasteiger partial charge >= 0.3 is 5.97 Å². The molecule has 0 unspecified atom stereocenters. The molecule has 0 amide bonds. The molecule has 8 rings (SSSR count). The minimum Gasteiger partial charge on any atom is -0.489 e. The van der Waals surface area contributed by atoms with E-state index in [4.69, 9.17) is 13.9 Å². The molecule has 0 N–H and O–H groups in total. The summed E-state index contributed by atoms with van der Waals surface area (Å²) in [6.45, 7) is 2.56. The molecule has 0 aliphatic heterocycles. The monoisotopic (exact) mass is 534 g/mol. The van der Waals surface area contributed by atoms with E-state index in [-0.39, 0.29) is 16.8 Å². The fourth-order valence-corrected chi connectivity index (χ4v) is 8.02. The van der Waals surface area contributed by atoms with Gasteiger partial charge in [0.15, 0.2) is 5.43 Å². The molecule has 4 bridgehead atoms. The van der Waals surface area contributed by atoms with Crippen molar-refractivity contribution in [2.75, 3.05) is 6.61 Å². The number of fused-ring (bicyclic) bond motifs is 1. The van der Waals surface area contributed by atoms with Gasteiger partial charge in [-0.05, 0) is 98.4 Å². The summed E-state index contributed by atoms with van der Waals surface area (Å²) >= 11 is 0. The number of rotatable bonds is 7. The highest BCUT2D eigenvalue weighted by Gasteiger charge is 2.52. The highest BCUT2D eigenvalue weighted by Crippen LogP contribution is 2.61. The number of hydrogen-bond donors (Lipinski definition) is 0. The Hall–Kier alpha value is -3.86. The summed E-state index contributed by atoms with van der Waals surface area (Å²) in [5.74, 6) is 3.13. The van der Waals surface area contributed by atoms with Gasteiger partial charge in [-0.25, -0.2) is 4.79 Å². The molecule has 1 aromatic heterocycles. The Balaban J connectivity index is 1.33. The van der Waals surface area contributed by atoms with E-state index in [1.807, 2.05) is 36.4 Å². The average molecular weight is 535 g/mol. The molecule has 4 saturated carbocycles. The van der Waals surface area contributed by atoms with Crippen molar-refractivity contribution < 1.29 is 18.7 Å². The second-order valence-corrected chi connectivity index (χ2v) is 12.1. The molecule has 4 aliphatic rings. The van der Waals surface area contributed by atoms with Gasteiger partial charge in [-0.15, -0.1) is 0 Å². The van der Waals surface area contributed by atoms with E-state index >= 15 is 0 Å². The molecule has 204 valence electrons. The minimum atomic E-state index is -0.360. The Morgan fingerprint density at radius 1 is 0.900 bits per heavy atom. The normalized spacial score (nSPS) is 24.8. The highest BCUT2D eigenvalue weighted by atomic mass is 16.5. The average Bonchev–Trinajstić information content (AvgIpc) is 2.96. The highest BCUT2D eigenvalue weighted by molar-refractivity contribution is 5.90. The van der Waals surface area contributed by atoms with Crippen molar-refractivity contribution >= 4 is 16.9 Å². The lowest BCUT2D eigenvalue weighted by molar-refractivity contribution is -0.00499. The van der Waals surface area contributed by atoms with Crippen LogP contribution in [0.25, 0.3) is 22.3 Å². The summed E-state index contributed by atoms with van der Waals surface area (Å²) in [6, 6.07) is 22.8. The van der Waals surface area contributed by atoms with Crippen LogP contribution in [-0.2, 0) is 16.8 Å². The SMILES string of the molecule is CCOC(=O)c1ccc(-c2cc(=O)c3cc(OCc4ccccc4)cc(C45CC6CC(CC(C6)C4)C5)c3o2)cc1. The third-order valence-corrected chi connectivity index (χ3v) is 9.34.